The smallest absolute Gasteiger partial charge is 0.338 e. The Labute approximate surface area is 244 Å². The average molecular weight is 607 g/mol. The Morgan fingerprint density at radius 3 is 1.55 bits per heavy atom. The zero-order valence-electron chi connectivity index (χ0n) is 20.6. The van der Waals surface area contributed by atoms with E-state index in [0.29, 0.717) is 0 Å². The summed E-state index contributed by atoms with van der Waals surface area (Å²) >= 11 is 17.3. The molecule has 1 aliphatic rings. The number of rotatable bonds is 8. The molecule has 0 bridgehead atoms. The maximum absolute atomic E-state index is 13.0. The monoisotopic (exact) mass is 605 g/mol. The first-order valence-corrected chi connectivity index (χ1v) is 13.0. The van der Waals surface area contributed by atoms with Gasteiger partial charge in [0.2, 0.25) is 18.3 Å². The summed E-state index contributed by atoms with van der Waals surface area (Å²) in [6.45, 7) is -0.430. The van der Waals surface area contributed by atoms with Crippen LogP contribution < -0.4 is 0 Å². The standard InChI is InChI=1S/C28H22Cl3NO8/c29-28(30,31)27(32)40-26-22(39-25(35)19-14-8-3-9-15-19)21(38-24(34)18-12-6-2-7-13-18)20(37-26)16-36-23(33)17-10-4-1-5-11-17/h1-15,20-22,26,32H,16H2/t20-,21-,22-,26?/m1/s1. The van der Waals surface area contributed by atoms with Gasteiger partial charge >= 0.3 is 17.9 Å². The molecule has 1 N–H and O–H groups in total. The first-order chi connectivity index (χ1) is 19.1. The lowest BCUT2D eigenvalue weighted by atomic mass is 10.1. The first-order valence-electron chi connectivity index (χ1n) is 11.9. The Bertz CT molecular complexity index is 1340. The number of esters is 3. The summed E-state index contributed by atoms with van der Waals surface area (Å²) in [5.41, 5.74) is 0.662. The number of carbonyl (C=O) groups excluding carboxylic acids is 3. The highest BCUT2D eigenvalue weighted by Gasteiger charge is 2.53. The van der Waals surface area contributed by atoms with Crippen molar-refractivity contribution in [1.29, 1.82) is 5.41 Å². The summed E-state index contributed by atoms with van der Waals surface area (Å²) in [6, 6.07) is 24.3. The molecule has 1 unspecified atom stereocenters. The maximum Gasteiger partial charge on any atom is 0.338 e. The first kappa shape index (κ1) is 29.4. The Morgan fingerprint density at radius 1 is 0.675 bits per heavy atom. The summed E-state index contributed by atoms with van der Waals surface area (Å²) in [6.07, 6.45) is -5.56. The van der Waals surface area contributed by atoms with E-state index < -0.39 is 58.8 Å². The quantitative estimate of drug-likeness (QED) is 0.119. The van der Waals surface area contributed by atoms with E-state index in [0.717, 1.165) is 0 Å². The molecular weight excluding hydrogens is 585 g/mol. The highest BCUT2D eigenvalue weighted by Crippen LogP contribution is 2.34. The molecular formula is C28H22Cl3NO8. The van der Waals surface area contributed by atoms with Crippen LogP contribution in [0, 0.1) is 5.41 Å². The third-order valence-electron chi connectivity index (χ3n) is 5.65. The van der Waals surface area contributed by atoms with Crippen molar-refractivity contribution in [3.8, 4) is 0 Å². The second-order valence-corrected chi connectivity index (χ2v) is 10.7. The topological polar surface area (TPSA) is 121 Å². The minimum Gasteiger partial charge on any atom is -0.459 e. The van der Waals surface area contributed by atoms with Crippen LogP contribution in [0.2, 0.25) is 0 Å². The Hall–Kier alpha value is -3.63. The average Bonchev–Trinajstić information content (AvgIpc) is 3.27. The van der Waals surface area contributed by atoms with Gasteiger partial charge < -0.3 is 23.7 Å². The van der Waals surface area contributed by atoms with Crippen molar-refractivity contribution >= 4 is 58.6 Å². The third-order valence-corrected chi connectivity index (χ3v) is 6.17. The number of hydrogen-bond donors (Lipinski definition) is 1. The lowest BCUT2D eigenvalue weighted by molar-refractivity contribution is -0.128. The molecule has 0 aromatic heterocycles. The van der Waals surface area contributed by atoms with Crippen molar-refractivity contribution in [2.24, 2.45) is 0 Å². The molecule has 40 heavy (non-hydrogen) atoms. The van der Waals surface area contributed by atoms with E-state index in [1.807, 2.05) is 0 Å². The molecule has 0 spiro atoms. The molecule has 1 heterocycles. The predicted molar refractivity (Wildman–Crippen MR) is 146 cm³/mol. The maximum atomic E-state index is 13.0. The van der Waals surface area contributed by atoms with Crippen molar-refractivity contribution in [2.75, 3.05) is 6.61 Å². The molecule has 12 heteroatoms. The lowest BCUT2D eigenvalue weighted by Gasteiger charge is -2.25. The van der Waals surface area contributed by atoms with Gasteiger partial charge in [-0.2, -0.15) is 0 Å². The van der Waals surface area contributed by atoms with Gasteiger partial charge in [0, 0.05) is 0 Å². The van der Waals surface area contributed by atoms with Crippen LogP contribution in [0.3, 0.4) is 0 Å². The van der Waals surface area contributed by atoms with Crippen molar-refractivity contribution < 1.29 is 38.1 Å². The number of ether oxygens (including phenoxy) is 5. The highest BCUT2D eigenvalue weighted by atomic mass is 35.6. The number of nitrogens with one attached hydrogen (secondary N) is 1. The van der Waals surface area contributed by atoms with Crippen LogP contribution in [-0.2, 0) is 23.7 Å². The van der Waals surface area contributed by atoms with Gasteiger partial charge in [0.15, 0.2) is 6.10 Å². The minimum absolute atomic E-state index is 0.185. The molecule has 1 saturated heterocycles. The Balaban J connectivity index is 1.63. The normalized spacial score (nSPS) is 20.3. The molecule has 1 aliphatic heterocycles. The summed E-state index contributed by atoms with van der Waals surface area (Å²) in [5, 5.41) is 8.00. The summed E-state index contributed by atoms with van der Waals surface area (Å²) < 4.78 is 25.8. The molecule has 0 amide bonds. The molecule has 4 atom stereocenters. The summed E-state index contributed by atoms with van der Waals surface area (Å²) in [7, 11) is 0. The molecule has 0 saturated carbocycles. The summed E-state index contributed by atoms with van der Waals surface area (Å²) in [5.74, 6) is -3.08. The van der Waals surface area contributed by atoms with E-state index in [4.69, 9.17) is 63.9 Å². The van der Waals surface area contributed by atoms with Gasteiger partial charge in [-0.1, -0.05) is 89.4 Å². The van der Waals surface area contributed by atoms with Gasteiger partial charge in [-0.3, -0.25) is 5.41 Å². The molecule has 4 rings (SSSR count). The van der Waals surface area contributed by atoms with E-state index in [1.165, 1.54) is 24.3 Å². The molecule has 0 aliphatic carbocycles. The fraction of sp³-hybridized carbons (Fsp3) is 0.214. The van der Waals surface area contributed by atoms with E-state index >= 15 is 0 Å². The Kier molecular flexibility index (Phi) is 9.65. The van der Waals surface area contributed by atoms with Crippen molar-refractivity contribution in [3.05, 3.63) is 108 Å². The van der Waals surface area contributed by atoms with E-state index in [-0.39, 0.29) is 16.7 Å². The SMILES string of the molecule is N=C(OC1O[C@H](COC(=O)c2ccccc2)[C@@H](OC(=O)c2ccccc2)[C@H]1OC(=O)c1ccccc1)C(Cl)(Cl)Cl. The molecule has 208 valence electrons. The Morgan fingerprint density at radius 2 is 1.10 bits per heavy atom. The van der Waals surface area contributed by atoms with Crippen LogP contribution in [0.25, 0.3) is 0 Å². The van der Waals surface area contributed by atoms with Crippen LogP contribution in [0.4, 0.5) is 0 Å². The zero-order chi connectivity index (χ0) is 28.7. The van der Waals surface area contributed by atoms with Gasteiger partial charge in [-0.15, -0.1) is 0 Å². The highest BCUT2D eigenvalue weighted by molar-refractivity contribution is 6.76. The number of carbonyl (C=O) groups is 3. The van der Waals surface area contributed by atoms with Crippen LogP contribution in [0.15, 0.2) is 91.0 Å². The number of alkyl halides is 3. The van der Waals surface area contributed by atoms with Crippen LogP contribution in [0.1, 0.15) is 31.1 Å². The van der Waals surface area contributed by atoms with Crippen molar-refractivity contribution in [2.45, 2.75) is 28.4 Å². The number of hydrogen-bond acceptors (Lipinski definition) is 9. The molecule has 1 fully saturated rings. The predicted octanol–water partition coefficient (Wildman–Crippen LogP) is 5.38. The number of benzene rings is 3. The van der Waals surface area contributed by atoms with Crippen LogP contribution in [0.5, 0.6) is 0 Å². The van der Waals surface area contributed by atoms with E-state index in [2.05, 4.69) is 0 Å². The van der Waals surface area contributed by atoms with Gasteiger partial charge in [0.1, 0.15) is 12.7 Å². The van der Waals surface area contributed by atoms with Crippen molar-refractivity contribution in [1.82, 2.24) is 0 Å². The molecule has 0 radical (unpaired) electrons. The fourth-order valence-electron chi connectivity index (χ4n) is 3.72. The van der Waals surface area contributed by atoms with Crippen LogP contribution in [-0.4, -0.2) is 58.8 Å². The zero-order valence-corrected chi connectivity index (χ0v) is 22.8. The van der Waals surface area contributed by atoms with E-state index in [9.17, 15) is 14.4 Å². The third kappa shape index (κ3) is 7.51. The van der Waals surface area contributed by atoms with Gasteiger partial charge in [-0.25, -0.2) is 14.4 Å². The molecule has 9 nitrogen and oxygen atoms in total. The fourth-order valence-corrected chi connectivity index (χ4v) is 3.85. The largest absolute Gasteiger partial charge is 0.459 e. The summed E-state index contributed by atoms with van der Waals surface area (Å²) in [4.78, 5) is 38.6. The van der Waals surface area contributed by atoms with Gasteiger partial charge in [0.05, 0.1) is 16.7 Å². The van der Waals surface area contributed by atoms with E-state index in [1.54, 1.807) is 66.7 Å². The minimum atomic E-state index is -2.27. The second-order valence-electron chi connectivity index (χ2n) is 8.42. The second kappa shape index (κ2) is 13.1. The molecule has 3 aromatic rings. The molecule has 3 aromatic carbocycles. The lowest BCUT2D eigenvalue weighted by Crippen LogP contribution is -2.43. The van der Waals surface area contributed by atoms with Gasteiger partial charge in [-0.05, 0) is 36.4 Å². The number of halogens is 3. The van der Waals surface area contributed by atoms with Gasteiger partial charge in [0.25, 0.3) is 3.79 Å². The van der Waals surface area contributed by atoms with Crippen LogP contribution >= 0.6 is 34.8 Å². The van der Waals surface area contributed by atoms with Crippen molar-refractivity contribution in [3.63, 3.8) is 0 Å².